The molecule has 0 atom stereocenters. The van der Waals surface area contributed by atoms with E-state index in [-0.39, 0.29) is 0 Å². The van der Waals surface area contributed by atoms with Crippen molar-refractivity contribution >= 4 is 22.4 Å². The lowest BCUT2D eigenvalue weighted by molar-refractivity contribution is 0.172. The molecule has 1 aliphatic heterocycles. The average molecular weight is 404 g/mol. The van der Waals surface area contributed by atoms with Gasteiger partial charge >= 0.3 is 0 Å². The molecule has 0 radical (unpaired) electrons. The fourth-order valence-corrected chi connectivity index (χ4v) is 3.77. The van der Waals surface area contributed by atoms with E-state index in [1.54, 1.807) is 18.4 Å². The summed E-state index contributed by atoms with van der Waals surface area (Å²) in [7, 11) is 1.70. The summed E-state index contributed by atoms with van der Waals surface area (Å²) in [5.74, 6) is 1.46. The van der Waals surface area contributed by atoms with Gasteiger partial charge in [0.05, 0.1) is 13.2 Å². The van der Waals surface area contributed by atoms with Gasteiger partial charge in [-0.05, 0) is 18.6 Å². The lowest BCUT2D eigenvalue weighted by Crippen LogP contribution is -2.51. The normalized spacial score (nSPS) is 15.1. The number of anilines is 1. The van der Waals surface area contributed by atoms with Crippen LogP contribution < -0.4 is 15.4 Å². The number of benzene rings is 1. The van der Waals surface area contributed by atoms with Crippen molar-refractivity contribution in [3.63, 3.8) is 0 Å². The van der Waals surface area contributed by atoms with Gasteiger partial charge in [-0.25, -0.2) is 9.98 Å². The smallest absolute Gasteiger partial charge is 0.191 e. The topological polar surface area (TPSA) is 76.2 Å². The molecule has 0 unspecified atom stereocenters. The van der Waals surface area contributed by atoms with Crippen LogP contribution in [0.4, 0.5) is 5.13 Å². The zero-order valence-electron chi connectivity index (χ0n) is 16.6. The third-order valence-corrected chi connectivity index (χ3v) is 5.51. The minimum absolute atomic E-state index is 0.512. The zero-order valence-corrected chi connectivity index (χ0v) is 17.5. The SMILES string of the molecule is COCCCOc1cc(C)ccc1CN=C(N)N1CCN(c2nccs2)CC1. The fraction of sp³-hybridized carbons (Fsp3) is 0.500. The van der Waals surface area contributed by atoms with E-state index in [2.05, 4.69) is 44.9 Å². The Bertz CT molecular complexity index is 758. The van der Waals surface area contributed by atoms with Crippen molar-refractivity contribution in [2.24, 2.45) is 10.7 Å². The first-order chi connectivity index (χ1) is 13.7. The lowest BCUT2D eigenvalue weighted by atomic mass is 10.1. The van der Waals surface area contributed by atoms with Crippen LogP contribution in [0, 0.1) is 6.92 Å². The molecule has 0 saturated carbocycles. The van der Waals surface area contributed by atoms with Gasteiger partial charge in [0.25, 0.3) is 0 Å². The Labute approximate surface area is 170 Å². The molecule has 0 aliphatic carbocycles. The highest BCUT2D eigenvalue weighted by molar-refractivity contribution is 7.13. The number of aliphatic imine (C=N–C) groups is 1. The summed E-state index contributed by atoms with van der Waals surface area (Å²) in [5.41, 5.74) is 8.48. The molecule has 1 aromatic heterocycles. The number of thiazole rings is 1. The number of aryl methyl sites for hydroxylation is 1. The highest BCUT2D eigenvalue weighted by atomic mass is 32.1. The summed E-state index contributed by atoms with van der Waals surface area (Å²) in [6.07, 6.45) is 2.71. The molecular weight excluding hydrogens is 374 g/mol. The van der Waals surface area contributed by atoms with E-state index in [0.717, 1.165) is 49.0 Å². The van der Waals surface area contributed by atoms with Crippen LogP contribution in [0.1, 0.15) is 17.5 Å². The molecule has 7 nitrogen and oxygen atoms in total. The van der Waals surface area contributed by atoms with Gasteiger partial charge in [-0.2, -0.15) is 0 Å². The molecule has 0 spiro atoms. The standard InChI is InChI=1S/C20H29N5O2S/c1-16-4-5-17(18(14-16)27-12-3-11-26-2)15-23-19(21)24-7-9-25(10-8-24)20-22-6-13-28-20/h4-6,13-14H,3,7-12,15H2,1-2H3,(H2,21,23). The number of nitrogens with zero attached hydrogens (tertiary/aromatic N) is 4. The number of methoxy groups -OCH3 is 1. The first-order valence-electron chi connectivity index (χ1n) is 9.58. The van der Waals surface area contributed by atoms with Gasteiger partial charge in [-0.15, -0.1) is 11.3 Å². The highest BCUT2D eigenvalue weighted by Gasteiger charge is 2.19. The Hall–Kier alpha value is -2.32. The monoisotopic (exact) mass is 403 g/mol. The Kier molecular flexibility index (Phi) is 7.50. The number of hydrogen-bond donors (Lipinski definition) is 1. The van der Waals surface area contributed by atoms with E-state index in [4.69, 9.17) is 15.2 Å². The van der Waals surface area contributed by atoms with Gasteiger partial charge in [0.15, 0.2) is 11.1 Å². The van der Waals surface area contributed by atoms with E-state index < -0.39 is 0 Å². The molecule has 1 aromatic carbocycles. The van der Waals surface area contributed by atoms with Crippen molar-refractivity contribution in [2.75, 3.05) is 51.4 Å². The van der Waals surface area contributed by atoms with Crippen molar-refractivity contribution < 1.29 is 9.47 Å². The third kappa shape index (κ3) is 5.59. The van der Waals surface area contributed by atoms with Gasteiger partial charge < -0.3 is 25.0 Å². The predicted octanol–water partition coefficient (Wildman–Crippen LogP) is 2.50. The maximum absolute atomic E-state index is 6.27. The molecule has 8 heteroatoms. The van der Waals surface area contributed by atoms with E-state index in [1.165, 1.54) is 5.56 Å². The van der Waals surface area contributed by atoms with Crippen LogP contribution in [0.25, 0.3) is 0 Å². The summed E-state index contributed by atoms with van der Waals surface area (Å²) in [6, 6.07) is 6.20. The number of ether oxygens (including phenoxy) is 2. The van der Waals surface area contributed by atoms with E-state index in [9.17, 15) is 0 Å². The molecular formula is C20H29N5O2S. The second kappa shape index (κ2) is 10.3. The summed E-state index contributed by atoms with van der Waals surface area (Å²) in [5, 5.41) is 3.08. The molecule has 2 heterocycles. The average Bonchev–Trinajstić information content (AvgIpc) is 3.25. The van der Waals surface area contributed by atoms with E-state index in [1.807, 2.05) is 11.6 Å². The van der Waals surface area contributed by atoms with E-state index in [0.29, 0.717) is 25.7 Å². The quantitative estimate of drug-likeness (QED) is 0.415. The molecule has 0 bridgehead atoms. The Morgan fingerprint density at radius 1 is 1.25 bits per heavy atom. The molecule has 28 heavy (non-hydrogen) atoms. The van der Waals surface area contributed by atoms with Crippen molar-refractivity contribution in [2.45, 2.75) is 19.9 Å². The third-order valence-electron chi connectivity index (χ3n) is 4.68. The highest BCUT2D eigenvalue weighted by Crippen LogP contribution is 2.22. The number of rotatable bonds is 8. The maximum Gasteiger partial charge on any atom is 0.191 e. The second-order valence-corrected chi connectivity index (χ2v) is 7.64. The number of piperazine rings is 1. The first-order valence-corrected chi connectivity index (χ1v) is 10.5. The first kappa shape index (κ1) is 20.4. The number of guanidine groups is 1. The minimum Gasteiger partial charge on any atom is -0.493 e. The number of nitrogens with two attached hydrogens (primary N) is 1. The van der Waals surface area contributed by atoms with Crippen molar-refractivity contribution in [3.8, 4) is 5.75 Å². The Balaban J connectivity index is 1.55. The van der Waals surface area contributed by atoms with Gasteiger partial charge in [-0.3, -0.25) is 0 Å². The fourth-order valence-electron chi connectivity index (χ4n) is 3.08. The van der Waals surface area contributed by atoms with E-state index >= 15 is 0 Å². The molecule has 152 valence electrons. The second-order valence-electron chi connectivity index (χ2n) is 6.77. The molecule has 3 rings (SSSR count). The Morgan fingerprint density at radius 2 is 2.07 bits per heavy atom. The van der Waals surface area contributed by atoms with Crippen LogP contribution in [0.3, 0.4) is 0 Å². The van der Waals surface area contributed by atoms with Gasteiger partial charge in [0.2, 0.25) is 0 Å². The van der Waals surface area contributed by atoms with Crippen molar-refractivity contribution in [3.05, 3.63) is 40.9 Å². The van der Waals surface area contributed by atoms with Crippen LogP contribution in [-0.2, 0) is 11.3 Å². The molecule has 1 fully saturated rings. The van der Waals surface area contributed by atoms with Gasteiger partial charge in [0, 0.05) is 63.5 Å². The number of aromatic nitrogens is 1. The lowest BCUT2D eigenvalue weighted by Gasteiger charge is -2.35. The van der Waals surface area contributed by atoms with Crippen LogP contribution in [0.15, 0.2) is 34.8 Å². The molecule has 1 aliphatic rings. The minimum atomic E-state index is 0.512. The van der Waals surface area contributed by atoms with Crippen molar-refractivity contribution in [1.82, 2.24) is 9.88 Å². The molecule has 2 N–H and O–H groups in total. The predicted molar refractivity (Wildman–Crippen MR) is 114 cm³/mol. The summed E-state index contributed by atoms with van der Waals surface area (Å²) in [6.45, 7) is 7.40. The molecule has 2 aromatic rings. The zero-order chi connectivity index (χ0) is 19.8. The van der Waals surface area contributed by atoms with Gasteiger partial charge in [0.1, 0.15) is 5.75 Å². The van der Waals surface area contributed by atoms with Crippen LogP contribution in [0.2, 0.25) is 0 Å². The van der Waals surface area contributed by atoms with Crippen molar-refractivity contribution in [1.29, 1.82) is 0 Å². The summed E-state index contributed by atoms with van der Waals surface area (Å²) in [4.78, 5) is 13.4. The molecule has 0 amide bonds. The van der Waals surface area contributed by atoms with Crippen LogP contribution >= 0.6 is 11.3 Å². The van der Waals surface area contributed by atoms with Gasteiger partial charge in [-0.1, -0.05) is 12.1 Å². The Morgan fingerprint density at radius 3 is 2.79 bits per heavy atom. The van der Waals surface area contributed by atoms with Crippen LogP contribution in [-0.4, -0.2) is 62.3 Å². The number of hydrogen-bond acceptors (Lipinski definition) is 6. The largest absolute Gasteiger partial charge is 0.493 e. The van der Waals surface area contributed by atoms with Crippen LogP contribution in [0.5, 0.6) is 5.75 Å². The summed E-state index contributed by atoms with van der Waals surface area (Å²) >= 11 is 1.67. The molecule has 1 saturated heterocycles. The maximum atomic E-state index is 6.27. The summed E-state index contributed by atoms with van der Waals surface area (Å²) < 4.78 is 11.0.